The summed E-state index contributed by atoms with van der Waals surface area (Å²) in [6.45, 7) is 2.81. The molecule has 0 aliphatic heterocycles. The molecule has 2 aromatic rings. The van der Waals surface area contributed by atoms with Crippen LogP contribution in [0, 0.1) is 12.3 Å². The summed E-state index contributed by atoms with van der Waals surface area (Å²) in [5, 5.41) is 4.49. The van der Waals surface area contributed by atoms with Crippen molar-refractivity contribution in [3.63, 3.8) is 0 Å². The molecule has 0 saturated heterocycles. The molecule has 5 heteroatoms. The van der Waals surface area contributed by atoms with Gasteiger partial charge >= 0.3 is 0 Å². The summed E-state index contributed by atoms with van der Waals surface area (Å²) in [6, 6.07) is 2.11. The monoisotopic (exact) mass is 265 g/mol. The molecule has 0 aliphatic carbocycles. The Morgan fingerprint density at radius 3 is 3.06 bits per heavy atom. The second-order valence-electron chi connectivity index (χ2n) is 3.51. The number of hydrogen-bond donors (Lipinski definition) is 1. The number of nitrogens with one attached hydrogen (secondary N) is 1. The van der Waals surface area contributed by atoms with Crippen molar-refractivity contribution in [3.8, 4) is 12.3 Å². The fraction of sp³-hybridized carbons (Fsp3) is 0.333. The van der Waals surface area contributed by atoms with Crippen LogP contribution < -0.4 is 5.32 Å². The third-order valence-corrected chi connectivity index (χ3v) is 3.67. The van der Waals surface area contributed by atoms with Gasteiger partial charge in [0.05, 0.1) is 5.39 Å². The molecular formula is C12H12ClN3S. The zero-order chi connectivity index (χ0) is 12.3. The van der Waals surface area contributed by atoms with Gasteiger partial charge in [-0.25, -0.2) is 9.97 Å². The molecule has 0 unspecified atom stereocenters. The number of aryl methyl sites for hydroxylation is 1. The van der Waals surface area contributed by atoms with E-state index >= 15 is 0 Å². The van der Waals surface area contributed by atoms with E-state index in [9.17, 15) is 0 Å². The van der Waals surface area contributed by atoms with Crippen LogP contribution in [0.3, 0.4) is 0 Å². The lowest BCUT2D eigenvalue weighted by Gasteiger charge is -2.04. The molecule has 0 aromatic carbocycles. The molecular weight excluding hydrogens is 254 g/mol. The second kappa shape index (κ2) is 5.35. The third-order valence-electron chi connectivity index (χ3n) is 2.33. The van der Waals surface area contributed by atoms with Crippen molar-refractivity contribution in [2.24, 2.45) is 0 Å². The summed E-state index contributed by atoms with van der Waals surface area (Å²) in [5.41, 5.74) is 0. The van der Waals surface area contributed by atoms with Crippen LogP contribution in [0.15, 0.2) is 6.07 Å². The fourth-order valence-corrected chi connectivity index (χ4v) is 2.69. The number of aromatic nitrogens is 2. The van der Waals surface area contributed by atoms with Gasteiger partial charge in [-0.1, -0.05) is 6.92 Å². The molecule has 17 heavy (non-hydrogen) atoms. The highest BCUT2D eigenvalue weighted by atomic mass is 35.5. The van der Waals surface area contributed by atoms with Gasteiger partial charge in [-0.3, -0.25) is 0 Å². The van der Waals surface area contributed by atoms with Gasteiger partial charge in [0.15, 0.2) is 0 Å². The zero-order valence-corrected chi connectivity index (χ0v) is 11.0. The number of fused-ring (bicyclic) bond motifs is 1. The van der Waals surface area contributed by atoms with E-state index in [4.69, 9.17) is 18.0 Å². The largest absolute Gasteiger partial charge is 0.368 e. The first-order chi connectivity index (χ1) is 8.24. The lowest BCUT2D eigenvalue weighted by atomic mass is 10.3. The molecule has 0 fully saturated rings. The first-order valence-corrected chi connectivity index (χ1v) is 6.57. The van der Waals surface area contributed by atoms with Gasteiger partial charge in [-0.2, -0.15) is 0 Å². The minimum Gasteiger partial charge on any atom is -0.368 e. The Balaban J connectivity index is 2.38. The number of thiophene rings is 1. The van der Waals surface area contributed by atoms with Crippen LogP contribution in [0.1, 0.15) is 18.2 Å². The van der Waals surface area contributed by atoms with Crippen LogP contribution in [0.2, 0.25) is 5.28 Å². The van der Waals surface area contributed by atoms with Gasteiger partial charge in [0.25, 0.3) is 0 Å². The number of halogens is 1. The lowest BCUT2D eigenvalue weighted by Crippen LogP contribution is -2.03. The zero-order valence-electron chi connectivity index (χ0n) is 9.46. The average Bonchev–Trinajstić information content (AvgIpc) is 2.72. The van der Waals surface area contributed by atoms with E-state index in [2.05, 4.69) is 34.2 Å². The van der Waals surface area contributed by atoms with Crippen LogP contribution in [0.5, 0.6) is 0 Å². The summed E-state index contributed by atoms with van der Waals surface area (Å²) in [4.78, 5) is 10.6. The number of anilines is 1. The van der Waals surface area contributed by atoms with Crippen molar-refractivity contribution in [1.29, 1.82) is 0 Å². The highest BCUT2D eigenvalue weighted by Crippen LogP contribution is 2.30. The maximum atomic E-state index is 5.89. The molecule has 0 saturated carbocycles. The van der Waals surface area contributed by atoms with Crippen LogP contribution >= 0.6 is 22.9 Å². The Labute approximate surface area is 109 Å². The van der Waals surface area contributed by atoms with Gasteiger partial charge in [0.2, 0.25) is 5.28 Å². The van der Waals surface area contributed by atoms with Gasteiger partial charge in [0, 0.05) is 17.8 Å². The molecule has 0 spiro atoms. The van der Waals surface area contributed by atoms with Crippen molar-refractivity contribution in [2.75, 3.05) is 11.9 Å². The molecule has 0 atom stereocenters. The average molecular weight is 266 g/mol. The normalized spacial score (nSPS) is 10.4. The van der Waals surface area contributed by atoms with Crippen LogP contribution in [-0.4, -0.2) is 16.5 Å². The van der Waals surface area contributed by atoms with Crippen molar-refractivity contribution >= 4 is 39.0 Å². The van der Waals surface area contributed by atoms with E-state index < -0.39 is 0 Å². The smallest absolute Gasteiger partial charge is 0.225 e. The maximum Gasteiger partial charge on any atom is 0.225 e. The molecule has 0 bridgehead atoms. The molecule has 0 amide bonds. The maximum absolute atomic E-state index is 5.89. The number of terminal acetylenes is 1. The second-order valence-corrected chi connectivity index (χ2v) is 4.96. The van der Waals surface area contributed by atoms with Crippen LogP contribution in [-0.2, 0) is 6.42 Å². The number of nitrogens with zero attached hydrogens (tertiary/aromatic N) is 2. The fourth-order valence-electron chi connectivity index (χ4n) is 1.51. The topological polar surface area (TPSA) is 37.8 Å². The highest BCUT2D eigenvalue weighted by molar-refractivity contribution is 7.18. The number of rotatable bonds is 4. The van der Waals surface area contributed by atoms with Crippen molar-refractivity contribution in [1.82, 2.24) is 9.97 Å². The van der Waals surface area contributed by atoms with E-state index in [-0.39, 0.29) is 5.28 Å². The molecule has 1 N–H and O–H groups in total. The third kappa shape index (κ3) is 2.68. The van der Waals surface area contributed by atoms with Crippen molar-refractivity contribution < 1.29 is 0 Å². The predicted octanol–water partition coefficient (Wildman–Crippen LogP) is 3.34. The standard InChI is InChI=1S/C12H12ClN3S/c1-3-5-6-14-10-9-7-8(4-2)17-11(9)16-12(13)15-10/h1,7H,4-6H2,2H3,(H,14,15,16). The molecule has 2 rings (SSSR count). The van der Waals surface area contributed by atoms with E-state index in [0.29, 0.717) is 13.0 Å². The summed E-state index contributed by atoms with van der Waals surface area (Å²) in [5.74, 6) is 3.35. The molecule has 88 valence electrons. The van der Waals surface area contributed by atoms with E-state index in [1.165, 1.54) is 4.88 Å². The van der Waals surface area contributed by atoms with E-state index in [1.807, 2.05) is 0 Å². The Bertz CT molecular complexity index is 571. The summed E-state index contributed by atoms with van der Waals surface area (Å²) in [7, 11) is 0. The molecule has 0 aliphatic rings. The van der Waals surface area contributed by atoms with Gasteiger partial charge in [-0.05, 0) is 24.1 Å². The first kappa shape index (κ1) is 12.2. The Morgan fingerprint density at radius 2 is 2.35 bits per heavy atom. The molecule has 2 aromatic heterocycles. The summed E-state index contributed by atoms with van der Waals surface area (Å²) < 4.78 is 0. The lowest BCUT2D eigenvalue weighted by molar-refractivity contribution is 1.07. The quantitative estimate of drug-likeness (QED) is 0.523. The van der Waals surface area contributed by atoms with Crippen molar-refractivity contribution in [2.45, 2.75) is 19.8 Å². The van der Waals surface area contributed by atoms with E-state index in [0.717, 1.165) is 22.5 Å². The predicted molar refractivity (Wildman–Crippen MR) is 73.7 cm³/mol. The van der Waals surface area contributed by atoms with Gasteiger partial charge in [0.1, 0.15) is 10.6 Å². The first-order valence-electron chi connectivity index (χ1n) is 5.38. The SMILES string of the molecule is C#CCCNc1nc(Cl)nc2sc(CC)cc12. The summed E-state index contributed by atoms with van der Waals surface area (Å²) in [6.07, 6.45) is 6.86. The molecule has 2 heterocycles. The minimum absolute atomic E-state index is 0.269. The highest BCUT2D eigenvalue weighted by Gasteiger charge is 2.09. The van der Waals surface area contributed by atoms with Crippen molar-refractivity contribution in [3.05, 3.63) is 16.2 Å². The van der Waals surface area contributed by atoms with Gasteiger partial charge in [-0.15, -0.1) is 23.7 Å². The van der Waals surface area contributed by atoms with Crippen LogP contribution in [0.4, 0.5) is 5.82 Å². The molecule has 0 radical (unpaired) electrons. The number of hydrogen-bond acceptors (Lipinski definition) is 4. The Kier molecular flexibility index (Phi) is 3.82. The Hall–Kier alpha value is -1.31. The molecule has 3 nitrogen and oxygen atoms in total. The summed E-state index contributed by atoms with van der Waals surface area (Å²) >= 11 is 7.54. The van der Waals surface area contributed by atoms with E-state index in [1.54, 1.807) is 11.3 Å². The van der Waals surface area contributed by atoms with Gasteiger partial charge < -0.3 is 5.32 Å². The minimum atomic E-state index is 0.269. The Morgan fingerprint density at radius 1 is 1.53 bits per heavy atom. The van der Waals surface area contributed by atoms with Crippen LogP contribution in [0.25, 0.3) is 10.2 Å².